The highest BCUT2D eigenvalue weighted by Crippen LogP contribution is 2.23. The molecule has 3 rings (SSSR count). The number of nitrogens with zero attached hydrogens (tertiary/aromatic N) is 3. The standard InChI is InChI=1S/C17H11ClN4S/c18-13-8-4-5-9-14(13)21-22-15(10-19)17-20-16(11-23-17)12-6-2-1-3-7-12/h1-9,11,21H/b22-15-. The predicted molar refractivity (Wildman–Crippen MR) is 94.8 cm³/mol. The number of anilines is 1. The fourth-order valence-electron chi connectivity index (χ4n) is 1.91. The number of rotatable bonds is 4. The molecule has 112 valence electrons. The summed E-state index contributed by atoms with van der Waals surface area (Å²) in [5.74, 6) is 0. The molecule has 0 saturated heterocycles. The first-order chi connectivity index (χ1) is 11.3. The second-order valence-corrected chi connectivity index (χ2v) is 5.83. The normalized spacial score (nSPS) is 11.0. The van der Waals surface area contributed by atoms with Crippen LogP contribution in [0.4, 0.5) is 5.69 Å². The monoisotopic (exact) mass is 338 g/mol. The summed E-state index contributed by atoms with van der Waals surface area (Å²) >= 11 is 7.43. The second kappa shape index (κ2) is 7.05. The molecule has 0 aliphatic rings. The topological polar surface area (TPSA) is 61.1 Å². The van der Waals surface area contributed by atoms with E-state index in [1.54, 1.807) is 12.1 Å². The summed E-state index contributed by atoms with van der Waals surface area (Å²) in [5.41, 5.74) is 5.50. The molecule has 0 aliphatic carbocycles. The molecule has 23 heavy (non-hydrogen) atoms. The van der Waals surface area contributed by atoms with Gasteiger partial charge in [0.25, 0.3) is 0 Å². The quantitative estimate of drug-likeness (QED) is 0.549. The van der Waals surface area contributed by atoms with Crippen molar-refractivity contribution in [2.75, 3.05) is 5.43 Å². The lowest BCUT2D eigenvalue weighted by Crippen LogP contribution is -2.01. The molecule has 0 saturated carbocycles. The number of nitriles is 1. The minimum absolute atomic E-state index is 0.220. The van der Waals surface area contributed by atoms with E-state index in [1.165, 1.54) is 11.3 Å². The minimum Gasteiger partial charge on any atom is -0.276 e. The van der Waals surface area contributed by atoms with Crippen molar-refractivity contribution >= 4 is 34.3 Å². The summed E-state index contributed by atoms with van der Waals surface area (Å²) in [5, 5.41) is 16.4. The van der Waals surface area contributed by atoms with Crippen LogP contribution in [0.5, 0.6) is 0 Å². The van der Waals surface area contributed by atoms with Crippen LogP contribution >= 0.6 is 22.9 Å². The number of thiazole rings is 1. The first-order valence-corrected chi connectivity index (χ1v) is 8.03. The lowest BCUT2D eigenvalue weighted by Gasteiger charge is -2.02. The van der Waals surface area contributed by atoms with Crippen molar-refractivity contribution in [1.82, 2.24) is 4.98 Å². The predicted octanol–water partition coefficient (Wildman–Crippen LogP) is 4.80. The number of halogens is 1. The van der Waals surface area contributed by atoms with Crippen molar-refractivity contribution in [3.8, 4) is 17.3 Å². The molecular weight excluding hydrogens is 328 g/mol. The average Bonchev–Trinajstić information content (AvgIpc) is 3.08. The van der Waals surface area contributed by atoms with Gasteiger partial charge in [0.05, 0.1) is 16.4 Å². The third kappa shape index (κ3) is 3.57. The van der Waals surface area contributed by atoms with Crippen molar-refractivity contribution in [3.05, 3.63) is 70.0 Å². The van der Waals surface area contributed by atoms with E-state index >= 15 is 0 Å². The van der Waals surface area contributed by atoms with E-state index in [9.17, 15) is 5.26 Å². The van der Waals surface area contributed by atoms with Gasteiger partial charge in [-0.1, -0.05) is 54.1 Å². The van der Waals surface area contributed by atoms with Crippen LogP contribution in [0.25, 0.3) is 11.3 Å². The Morgan fingerprint density at radius 3 is 2.61 bits per heavy atom. The van der Waals surface area contributed by atoms with Gasteiger partial charge in [-0.2, -0.15) is 10.4 Å². The zero-order chi connectivity index (χ0) is 16.1. The lowest BCUT2D eigenvalue weighted by molar-refractivity contribution is 1.31. The van der Waals surface area contributed by atoms with Crippen LogP contribution in [-0.2, 0) is 0 Å². The molecule has 2 aromatic carbocycles. The molecule has 1 N–H and O–H groups in total. The smallest absolute Gasteiger partial charge is 0.196 e. The van der Waals surface area contributed by atoms with Gasteiger partial charge in [0, 0.05) is 10.9 Å². The van der Waals surface area contributed by atoms with Gasteiger partial charge >= 0.3 is 0 Å². The number of hydrogen-bond donors (Lipinski definition) is 1. The Labute approximate surface area is 142 Å². The fraction of sp³-hybridized carbons (Fsp3) is 0. The van der Waals surface area contributed by atoms with Crippen molar-refractivity contribution in [2.24, 2.45) is 5.10 Å². The molecular formula is C17H11ClN4S. The zero-order valence-corrected chi connectivity index (χ0v) is 13.5. The SMILES string of the molecule is N#C/C(=N/Nc1ccccc1Cl)c1nc(-c2ccccc2)cs1. The van der Waals surface area contributed by atoms with Crippen LogP contribution in [0.15, 0.2) is 65.1 Å². The Morgan fingerprint density at radius 1 is 1.13 bits per heavy atom. The number of nitrogens with one attached hydrogen (secondary N) is 1. The maximum Gasteiger partial charge on any atom is 0.196 e. The Hall–Kier alpha value is -2.68. The highest BCUT2D eigenvalue weighted by Gasteiger charge is 2.10. The van der Waals surface area contributed by atoms with E-state index in [0.29, 0.717) is 15.7 Å². The molecule has 1 aromatic heterocycles. The Balaban J connectivity index is 1.85. The van der Waals surface area contributed by atoms with Crippen LogP contribution in [-0.4, -0.2) is 10.7 Å². The molecule has 6 heteroatoms. The summed E-state index contributed by atoms with van der Waals surface area (Å²) in [6.45, 7) is 0. The van der Waals surface area contributed by atoms with Crippen LogP contribution < -0.4 is 5.43 Å². The van der Waals surface area contributed by atoms with Gasteiger partial charge in [0.2, 0.25) is 0 Å². The lowest BCUT2D eigenvalue weighted by atomic mass is 10.2. The third-order valence-electron chi connectivity index (χ3n) is 3.04. The second-order valence-electron chi connectivity index (χ2n) is 4.57. The van der Waals surface area contributed by atoms with Crippen molar-refractivity contribution in [2.45, 2.75) is 0 Å². The number of aromatic nitrogens is 1. The van der Waals surface area contributed by atoms with E-state index in [2.05, 4.69) is 21.6 Å². The van der Waals surface area contributed by atoms with Crippen molar-refractivity contribution in [1.29, 1.82) is 5.26 Å². The molecule has 0 unspecified atom stereocenters. The molecule has 1 heterocycles. The number of benzene rings is 2. The van der Waals surface area contributed by atoms with Crippen molar-refractivity contribution < 1.29 is 0 Å². The van der Waals surface area contributed by atoms with Crippen LogP contribution in [0.2, 0.25) is 5.02 Å². The molecule has 0 atom stereocenters. The van der Waals surface area contributed by atoms with E-state index in [-0.39, 0.29) is 5.71 Å². The number of hydrogen-bond acceptors (Lipinski definition) is 5. The Bertz CT molecular complexity index is 881. The molecule has 0 aliphatic heterocycles. The summed E-state index contributed by atoms with van der Waals surface area (Å²) in [7, 11) is 0. The van der Waals surface area contributed by atoms with Gasteiger partial charge in [-0.15, -0.1) is 11.3 Å². The number of hydrazone groups is 1. The van der Waals surface area contributed by atoms with Crippen LogP contribution in [0, 0.1) is 11.3 Å². The van der Waals surface area contributed by atoms with Crippen molar-refractivity contribution in [3.63, 3.8) is 0 Å². The molecule has 0 spiro atoms. The first kappa shape index (κ1) is 15.2. The Kier molecular flexibility index (Phi) is 4.67. The van der Waals surface area contributed by atoms with Gasteiger partial charge in [-0.05, 0) is 12.1 Å². The van der Waals surface area contributed by atoms with Gasteiger partial charge in [-0.25, -0.2) is 4.98 Å². The summed E-state index contributed by atoms with van der Waals surface area (Å²) in [4.78, 5) is 4.48. The molecule has 3 aromatic rings. The van der Waals surface area contributed by atoms with Crippen LogP contribution in [0.3, 0.4) is 0 Å². The van der Waals surface area contributed by atoms with Gasteiger partial charge in [-0.3, -0.25) is 5.43 Å². The van der Waals surface area contributed by atoms with Crippen LogP contribution in [0.1, 0.15) is 5.01 Å². The third-order valence-corrected chi connectivity index (χ3v) is 4.22. The van der Waals surface area contributed by atoms with E-state index in [4.69, 9.17) is 11.6 Å². The largest absolute Gasteiger partial charge is 0.276 e. The van der Waals surface area contributed by atoms with E-state index < -0.39 is 0 Å². The molecule has 0 amide bonds. The average molecular weight is 339 g/mol. The van der Waals surface area contributed by atoms with Gasteiger partial charge in [0.15, 0.2) is 10.7 Å². The fourth-order valence-corrected chi connectivity index (χ4v) is 2.86. The summed E-state index contributed by atoms with van der Waals surface area (Å²) < 4.78 is 0. The van der Waals surface area contributed by atoms with Gasteiger partial charge < -0.3 is 0 Å². The molecule has 0 radical (unpaired) electrons. The highest BCUT2D eigenvalue weighted by atomic mass is 35.5. The first-order valence-electron chi connectivity index (χ1n) is 6.77. The number of para-hydroxylation sites is 1. The molecule has 0 bridgehead atoms. The summed E-state index contributed by atoms with van der Waals surface area (Å²) in [6, 6.07) is 19.1. The minimum atomic E-state index is 0.220. The van der Waals surface area contributed by atoms with Gasteiger partial charge in [0.1, 0.15) is 6.07 Å². The molecule has 0 fully saturated rings. The molecule has 4 nitrogen and oxygen atoms in total. The highest BCUT2D eigenvalue weighted by molar-refractivity contribution is 7.12. The van der Waals surface area contributed by atoms with E-state index in [1.807, 2.05) is 47.8 Å². The van der Waals surface area contributed by atoms with E-state index in [0.717, 1.165) is 11.3 Å². The maximum atomic E-state index is 9.32. The zero-order valence-electron chi connectivity index (χ0n) is 11.9. The Morgan fingerprint density at radius 2 is 1.87 bits per heavy atom. The summed E-state index contributed by atoms with van der Waals surface area (Å²) in [6.07, 6.45) is 0. The maximum absolute atomic E-state index is 9.32.